The van der Waals surface area contributed by atoms with Crippen LogP contribution < -0.4 is 24.8 Å². The predicted octanol–water partition coefficient (Wildman–Crippen LogP) is 2.66. The number of amides is 2. The molecule has 3 N–H and O–H groups in total. The maximum atomic E-state index is 12.5. The molecule has 0 aromatic heterocycles. The van der Waals surface area contributed by atoms with E-state index in [0.717, 1.165) is 11.1 Å². The van der Waals surface area contributed by atoms with Gasteiger partial charge in [0.05, 0.1) is 25.2 Å². The van der Waals surface area contributed by atoms with Crippen LogP contribution in [0, 0.1) is 13.8 Å². The van der Waals surface area contributed by atoms with Crippen molar-refractivity contribution in [1.29, 1.82) is 0 Å². The third-order valence-electron chi connectivity index (χ3n) is 4.59. The molecule has 2 amide bonds. The number of carbonyl (C=O) groups excluding carboxylic acids is 1. The first-order chi connectivity index (χ1) is 14.2. The Hall–Kier alpha value is -2.78. The molecule has 0 radical (unpaired) electrons. The van der Waals surface area contributed by atoms with E-state index in [1.165, 1.54) is 0 Å². The summed E-state index contributed by atoms with van der Waals surface area (Å²) in [4.78, 5) is 12.4. The number of sulfonamides is 1. The van der Waals surface area contributed by atoms with Crippen LogP contribution >= 0.6 is 0 Å². The number of methoxy groups -OCH3 is 2. The van der Waals surface area contributed by atoms with Crippen molar-refractivity contribution in [2.75, 3.05) is 27.3 Å². The smallest absolute Gasteiger partial charge is 0.315 e. The lowest BCUT2D eigenvalue weighted by Gasteiger charge is -2.18. The van der Waals surface area contributed by atoms with E-state index in [9.17, 15) is 13.2 Å². The van der Waals surface area contributed by atoms with Gasteiger partial charge in [-0.2, -0.15) is 0 Å². The fourth-order valence-electron chi connectivity index (χ4n) is 2.94. The number of hydrogen-bond donors (Lipinski definition) is 3. The molecule has 0 aliphatic heterocycles. The molecule has 9 heteroatoms. The second-order valence-corrected chi connectivity index (χ2v) is 8.63. The van der Waals surface area contributed by atoms with Crippen LogP contribution in [-0.2, 0) is 10.0 Å². The third-order valence-corrected chi connectivity index (χ3v) is 6.19. The minimum atomic E-state index is -3.64. The number of rotatable bonds is 9. The van der Waals surface area contributed by atoms with Gasteiger partial charge in [0.15, 0.2) is 0 Å². The van der Waals surface area contributed by atoms with Crippen molar-refractivity contribution in [3.05, 3.63) is 53.1 Å². The maximum absolute atomic E-state index is 12.5. The van der Waals surface area contributed by atoms with Gasteiger partial charge < -0.3 is 20.1 Å². The molecule has 2 rings (SSSR count). The monoisotopic (exact) mass is 435 g/mol. The van der Waals surface area contributed by atoms with Crippen LogP contribution in [0.5, 0.6) is 11.5 Å². The van der Waals surface area contributed by atoms with Gasteiger partial charge in [0.25, 0.3) is 0 Å². The molecule has 0 bridgehead atoms. The van der Waals surface area contributed by atoms with E-state index in [2.05, 4.69) is 15.4 Å². The lowest BCUT2D eigenvalue weighted by molar-refractivity contribution is 0.238. The van der Waals surface area contributed by atoms with Crippen molar-refractivity contribution < 1.29 is 22.7 Å². The third kappa shape index (κ3) is 6.11. The number of benzene rings is 2. The molecular weight excluding hydrogens is 406 g/mol. The summed E-state index contributed by atoms with van der Waals surface area (Å²) in [6.45, 7) is 5.62. The average Bonchev–Trinajstić information content (AvgIpc) is 2.72. The summed E-state index contributed by atoms with van der Waals surface area (Å²) < 4.78 is 38.0. The molecule has 0 heterocycles. The lowest BCUT2D eigenvalue weighted by atomic mass is 10.1. The summed E-state index contributed by atoms with van der Waals surface area (Å²) in [5, 5.41) is 5.46. The molecule has 0 aliphatic carbocycles. The topological polar surface area (TPSA) is 106 Å². The first kappa shape index (κ1) is 23.5. The second-order valence-electron chi connectivity index (χ2n) is 6.90. The Morgan fingerprint density at radius 2 is 1.77 bits per heavy atom. The van der Waals surface area contributed by atoms with Gasteiger partial charge >= 0.3 is 6.03 Å². The number of carbonyl (C=O) groups is 1. The summed E-state index contributed by atoms with van der Waals surface area (Å²) in [5.41, 5.74) is 2.33. The van der Waals surface area contributed by atoms with Crippen molar-refractivity contribution in [2.45, 2.75) is 31.7 Å². The maximum Gasteiger partial charge on any atom is 0.315 e. The molecule has 164 valence electrons. The van der Waals surface area contributed by atoms with Gasteiger partial charge in [0, 0.05) is 24.7 Å². The Balaban J connectivity index is 1.87. The van der Waals surface area contributed by atoms with E-state index in [1.807, 2.05) is 26.0 Å². The van der Waals surface area contributed by atoms with Crippen LogP contribution in [0.1, 0.15) is 29.7 Å². The number of nitrogens with one attached hydrogen (secondary N) is 3. The molecule has 0 saturated carbocycles. The molecule has 0 saturated heterocycles. The predicted molar refractivity (Wildman–Crippen MR) is 116 cm³/mol. The molecular formula is C21H29N3O5S. The van der Waals surface area contributed by atoms with Crippen LogP contribution in [0.25, 0.3) is 0 Å². The molecule has 8 nitrogen and oxygen atoms in total. The van der Waals surface area contributed by atoms with Gasteiger partial charge in [0.2, 0.25) is 10.0 Å². The zero-order chi connectivity index (χ0) is 22.3. The highest BCUT2D eigenvalue weighted by atomic mass is 32.2. The second kappa shape index (κ2) is 10.3. The van der Waals surface area contributed by atoms with Crippen LogP contribution in [0.3, 0.4) is 0 Å². The summed E-state index contributed by atoms with van der Waals surface area (Å²) in [7, 11) is -0.527. The minimum absolute atomic E-state index is 0.0728. The SMILES string of the molecule is COc1ccc(C(C)NC(=O)NCCNS(=O)(=O)c2cc(C)ccc2C)c(OC)c1. The Morgan fingerprint density at radius 1 is 1.03 bits per heavy atom. The van der Waals surface area contributed by atoms with E-state index in [0.29, 0.717) is 17.1 Å². The van der Waals surface area contributed by atoms with E-state index in [4.69, 9.17) is 9.47 Å². The first-order valence-electron chi connectivity index (χ1n) is 9.51. The van der Waals surface area contributed by atoms with Gasteiger partial charge in [0.1, 0.15) is 11.5 Å². The Morgan fingerprint density at radius 3 is 2.43 bits per heavy atom. The number of hydrogen-bond acceptors (Lipinski definition) is 5. The molecule has 30 heavy (non-hydrogen) atoms. The number of urea groups is 1. The fourth-order valence-corrected chi connectivity index (χ4v) is 4.30. The largest absolute Gasteiger partial charge is 0.497 e. The Kier molecular flexibility index (Phi) is 8.08. The van der Waals surface area contributed by atoms with Crippen LogP contribution in [0.15, 0.2) is 41.3 Å². The highest BCUT2D eigenvalue weighted by molar-refractivity contribution is 7.89. The van der Waals surface area contributed by atoms with Crippen LogP contribution in [0.4, 0.5) is 4.79 Å². The first-order valence-corrected chi connectivity index (χ1v) is 11.0. The summed E-state index contributed by atoms with van der Waals surface area (Å²) >= 11 is 0. The molecule has 2 aromatic rings. The molecule has 1 atom stereocenters. The van der Waals surface area contributed by atoms with Crippen molar-refractivity contribution in [3.8, 4) is 11.5 Å². The zero-order valence-electron chi connectivity index (χ0n) is 17.9. The van der Waals surface area contributed by atoms with E-state index in [1.54, 1.807) is 45.4 Å². The average molecular weight is 436 g/mol. The Bertz CT molecular complexity index is 992. The standard InChI is InChI=1S/C21H29N3O5S/c1-14-6-7-15(2)20(12-14)30(26,27)23-11-10-22-21(25)24-16(3)18-9-8-17(28-4)13-19(18)29-5/h6-9,12-13,16,23H,10-11H2,1-5H3,(H2,22,24,25). The molecule has 2 aromatic carbocycles. The van der Waals surface area contributed by atoms with E-state index >= 15 is 0 Å². The normalized spacial score (nSPS) is 12.2. The summed E-state index contributed by atoms with van der Waals surface area (Å²) in [6, 6.07) is 9.87. The van der Waals surface area contributed by atoms with E-state index in [-0.39, 0.29) is 24.0 Å². The van der Waals surface area contributed by atoms with Gasteiger partial charge in [-0.15, -0.1) is 0 Å². The van der Waals surface area contributed by atoms with Gasteiger partial charge in [-0.3, -0.25) is 0 Å². The van der Waals surface area contributed by atoms with Gasteiger partial charge in [-0.05, 0) is 50.1 Å². The lowest BCUT2D eigenvalue weighted by Crippen LogP contribution is -2.41. The van der Waals surface area contributed by atoms with Crippen molar-refractivity contribution in [2.24, 2.45) is 0 Å². The molecule has 1 unspecified atom stereocenters. The molecule has 0 fully saturated rings. The highest BCUT2D eigenvalue weighted by Crippen LogP contribution is 2.29. The highest BCUT2D eigenvalue weighted by Gasteiger charge is 2.17. The quantitative estimate of drug-likeness (QED) is 0.525. The fraction of sp³-hybridized carbons (Fsp3) is 0.381. The zero-order valence-corrected chi connectivity index (χ0v) is 18.7. The van der Waals surface area contributed by atoms with Crippen molar-refractivity contribution in [1.82, 2.24) is 15.4 Å². The Labute approximate surface area is 178 Å². The van der Waals surface area contributed by atoms with Crippen LogP contribution in [0.2, 0.25) is 0 Å². The van der Waals surface area contributed by atoms with Gasteiger partial charge in [-0.25, -0.2) is 17.9 Å². The number of aryl methyl sites for hydroxylation is 2. The van der Waals surface area contributed by atoms with Crippen molar-refractivity contribution >= 4 is 16.1 Å². The summed E-state index contributed by atoms with van der Waals surface area (Å²) in [5.74, 6) is 1.26. The van der Waals surface area contributed by atoms with Crippen LogP contribution in [-0.4, -0.2) is 41.8 Å². The minimum Gasteiger partial charge on any atom is -0.497 e. The molecule has 0 aliphatic rings. The summed E-state index contributed by atoms with van der Waals surface area (Å²) in [6.07, 6.45) is 0. The van der Waals surface area contributed by atoms with E-state index < -0.39 is 16.1 Å². The van der Waals surface area contributed by atoms with Gasteiger partial charge in [-0.1, -0.05) is 12.1 Å². The number of ether oxygens (including phenoxy) is 2. The molecule has 0 spiro atoms. The van der Waals surface area contributed by atoms with Crippen molar-refractivity contribution in [3.63, 3.8) is 0 Å².